The average Bonchev–Trinajstić information content (AvgIpc) is 2.36. The summed E-state index contributed by atoms with van der Waals surface area (Å²) in [5.41, 5.74) is 1.44. The summed E-state index contributed by atoms with van der Waals surface area (Å²) in [6, 6.07) is 0.507. The molecule has 1 heterocycles. The third-order valence-corrected chi connectivity index (χ3v) is 4.67. The van der Waals surface area contributed by atoms with Gasteiger partial charge in [-0.2, -0.15) is 0 Å². The summed E-state index contributed by atoms with van der Waals surface area (Å²) in [6.07, 6.45) is 4.93. The number of rotatable bonds is 3. The van der Waals surface area contributed by atoms with Crippen molar-refractivity contribution < 1.29 is 0 Å². The fourth-order valence-electron chi connectivity index (χ4n) is 2.64. The highest BCUT2D eigenvalue weighted by Gasteiger charge is 2.27. The van der Waals surface area contributed by atoms with Gasteiger partial charge in [0.25, 0.3) is 0 Å². The topological polar surface area (TPSA) is 37.8 Å². The fourth-order valence-corrected chi connectivity index (χ4v) is 2.82. The summed E-state index contributed by atoms with van der Waals surface area (Å²) >= 11 is 6.23. The van der Waals surface area contributed by atoms with Crippen LogP contribution in [0.2, 0.25) is 5.15 Å². The second kappa shape index (κ2) is 5.88. The van der Waals surface area contributed by atoms with Crippen molar-refractivity contribution in [3.63, 3.8) is 0 Å². The van der Waals surface area contributed by atoms with Crippen LogP contribution in [0.5, 0.6) is 0 Å². The smallest absolute Gasteiger partial charge is 0.137 e. The van der Waals surface area contributed by atoms with E-state index in [1.165, 1.54) is 25.7 Å². The molecular weight excluding hydrogens is 270 g/mol. The Labute approximate surface area is 127 Å². The van der Waals surface area contributed by atoms with E-state index in [2.05, 4.69) is 43.0 Å². The van der Waals surface area contributed by atoms with Gasteiger partial charge in [-0.15, -0.1) is 0 Å². The Balaban J connectivity index is 2.13. The maximum atomic E-state index is 6.23. The maximum Gasteiger partial charge on any atom is 0.137 e. The Morgan fingerprint density at radius 1 is 1.20 bits per heavy atom. The predicted molar refractivity (Wildman–Crippen MR) is 85.5 cm³/mol. The first-order valence-electron chi connectivity index (χ1n) is 7.59. The van der Waals surface area contributed by atoms with Gasteiger partial charge >= 0.3 is 0 Å². The van der Waals surface area contributed by atoms with E-state index in [0.717, 1.165) is 17.2 Å². The molecule has 0 aromatic carbocycles. The highest BCUT2D eigenvalue weighted by Crippen LogP contribution is 2.36. The van der Waals surface area contributed by atoms with Crippen molar-refractivity contribution in [3.8, 4) is 0 Å². The van der Waals surface area contributed by atoms with Gasteiger partial charge in [-0.1, -0.05) is 39.3 Å². The SMILES string of the molecule is Cc1c(Cl)nc(C(C)C)nc1NC1CCC(C)(C)CC1. The minimum absolute atomic E-state index is 0.291. The minimum atomic E-state index is 0.291. The van der Waals surface area contributed by atoms with Crippen LogP contribution in [0.25, 0.3) is 0 Å². The number of anilines is 1. The molecule has 1 saturated carbocycles. The number of aromatic nitrogens is 2. The molecule has 20 heavy (non-hydrogen) atoms. The van der Waals surface area contributed by atoms with Crippen LogP contribution in [0.15, 0.2) is 0 Å². The van der Waals surface area contributed by atoms with Crippen molar-refractivity contribution in [2.75, 3.05) is 5.32 Å². The lowest BCUT2D eigenvalue weighted by Crippen LogP contribution is -2.30. The van der Waals surface area contributed by atoms with Gasteiger partial charge in [0.05, 0.1) is 0 Å². The van der Waals surface area contributed by atoms with Gasteiger partial charge in [0, 0.05) is 17.5 Å². The molecule has 3 nitrogen and oxygen atoms in total. The van der Waals surface area contributed by atoms with Crippen LogP contribution in [0.4, 0.5) is 5.82 Å². The lowest BCUT2D eigenvalue weighted by atomic mass is 9.75. The first-order valence-corrected chi connectivity index (χ1v) is 7.97. The van der Waals surface area contributed by atoms with E-state index in [9.17, 15) is 0 Å². The Kier molecular flexibility index (Phi) is 4.58. The van der Waals surface area contributed by atoms with E-state index in [1.807, 2.05) is 6.92 Å². The van der Waals surface area contributed by atoms with E-state index in [4.69, 9.17) is 11.6 Å². The number of hydrogen-bond donors (Lipinski definition) is 1. The molecule has 1 aliphatic rings. The zero-order chi connectivity index (χ0) is 14.9. The first kappa shape index (κ1) is 15.6. The van der Waals surface area contributed by atoms with Gasteiger partial charge in [-0.25, -0.2) is 9.97 Å². The molecule has 1 fully saturated rings. The summed E-state index contributed by atoms with van der Waals surface area (Å²) in [5.74, 6) is 2.02. The number of hydrogen-bond acceptors (Lipinski definition) is 3. The maximum absolute atomic E-state index is 6.23. The molecule has 1 aliphatic carbocycles. The average molecular weight is 296 g/mol. The molecule has 4 heteroatoms. The van der Waals surface area contributed by atoms with Crippen LogP contribution < -0.4 is 5.32 Å². The highest BCUT2D eigenvalue weighted by molar-refractivity contribution is 6.30. The largest absolute Gasteiger partial charge is 0.367 e. The van der Waals surface area contributed by atoms with Gasteiger partial charge in [0.1, 0.15) is 16.8 Å². The fraction of sp³-hybridized carbons (Fsp3) is 0.750. The van der Waals surface area contributed by atoms with Crippen LogP contribution in [-0.2, 0) is 0 Å². The van der Waals surface area contributed by atoms with Gasteiger partial charge < -0.3 is 5.32 Å². The predicted octanol–water partition coefficient (Wildman–Crippen LogP) is 4.94. The van der Waals surface area contributed by atoms with Crippen molar-refractivity contribution in [3.05, 3.63) is 16.5 Å². The van der Waals surface area contributed by atoms with Crippen molar-refractivity contribution in [2.24, 2.45) is 5.41 Å². The molecule has 1 N–H and O–H groups in total. The molecule has 0 bridgehead atoms. The van der Waals surface area contributed by atoms with E-state index < -0.39 is 0 Å². The molecule has 1 aromatic heterocycles. The number of nitrogens with one attached hydrogen (secondary N) is 1. The lowest BCUT2D eigenvalue weighted by Gasteiger charge is -2.35. The van der Waals surface area contributed by atoms with Crippen LogP contribution in [0.1, 0.15) is 70.7 Å². The molecule has 0 saturated heterocycles. The molecule has 0 spiro atoms. The van der Waals surface area contributed by atoms with Crippen molar-refractivity contribution >= 4 is 17.4 Å². The summed E-state index contributed by atoms with van der Waals surface area (Å²) in [7, 11) is 0. The molecule has 0 amide bonds. The summed E-state index contributed by atoms with van der Waals surface area (Å²) in [5, 5.41) is 4.16. The van der Waals surface area contributed by atoms with Crippen LogP contribution in [0, 0.1) is 12.3 Å². The molecular formula is C16H26ClN3. The minimum Gasteiger partial charge on any atom is -0.367 e. The van der Waals surface area contributed by atoms with Crippen molar-refractivity contribution in [1.82, 2.24) is 9.97 Å². The molecule has 2 rings (SSSR count). The lowest BCUT2D eigenvalue weighted by molar-refractivity contribution is 0.232. The molecule has 1 aromatic rings. The Hall–Kier alpha value is -0.830. The quantitative estimate of drug-likeness (QED) is 0.802. The second-order valence-corrected chi connectivity index (χ2v) is 7.44. The third-order valence-electron chi connectivity index (χ3n) is 4.30. The molecule has 0 atom stereocenters. The van der Waals surface area contributed by atoms with E-state index in [-0.39, 0.29) is 0 Å². The van der Waals surface area contributed by atoms with Crippen LogP contribution >= 0.6 is 11.6 Å². The molecule has 0 aliphatic heterocycles. The van der Waals surface area contributed by atoms with E-state index in [0.29, 0.717) is 22.5 Å². The standard InChI is InChI=1S/C16H26ClN3/c1-10(2)14-19-13(17)11(3)15(20-14)18-12-6-8-16(4,5)9-7-12/h10,12H,6-9H2,1-5H3,(H,18,19,20). The number of halogens is 1. The normalized spacial score (nSPS) is 19.4. The monoisotopic (exact) mass is 295 g/mol. The van der Waals surface area contributed by atoms with Crippen LogP contribution in [-0.4, -0.2) is 16.0 Å². The Morgan fingerprint density at radius 3 is 2.35 bits per heavy atom. The highest BCUT2D eigenvalue weighted by atomic mass is 35.5. The van der Waals surface area contributed by atoms with Crippen molar-refractivity contribution in [2.45, 2.75) is 72.3 Å². The third kappa shape index (κ3) is 3.63. The Bertz CT molecular complexity index is 473. The Morgan fingerprint density at radius 2 is 1.80 bits per heavy atom. The zero-order valence-corrected chi connectivity index (χ0v) is 14.0. The summed E-state index contributed by atoms with van der Waals surface area (Å²) in [4.78, 5) is 9.02. The summed E-state index contributed by atoms with van der Waals surface area (Å²) in [6.45, 7) is 10.9. The molecule has 112 valence electrons. The van der Waals surface area contributed by atoms with Gasteiger partial charge in [-0.05, 0) is 38.0 Å². The van der Waals surface area contributed by atoms with Crippen molar-refractivity contribution in [1.29, 1.82) is 0 Å². The number of nitrogens with zero attached hydrogens (tertiary/aromatic N) is 2. The second-order valence-electron chi connectivity index (χ2n) is 7.08. The van der Waals surface area contributed by atoms with E-state index in [1.54, 1.807) is 0 Å². The molecule has 0 unspecified atom stereocenters. The first-order chi connectivity index (χ1) is 9.28. The van der Waals surface area contributed by atoms with Gasteiger partial charge in [0.15, 0.2) is 0 Å². The summed E-state index contributed by atoms with van der Waals surface area (Å²) < 4.78 is 0. The van der Waals surface area contributed by atoms with Crippen LogP contribution in [0.3, 0.4) is 0 Å². The zero-order valence-electron chi connectivity index (χ0n) is 13.3. The molecule has 0 radical (unpaired) electrons. The van der Waals surface area contributed by atoms with E-state index >= 15 is 0 Å². The van der Waals surface area contributed by atoms with Gasteiger partial charge in [0.2, 0.25) is 0 Å². The van der Waals surface area contributed by atoms with Gasteiger partial charge in [-0.3, -0.25) is 0 Å².